The van der Waals surface area contributed by atoms with Gasteiger partial charge in [0, 0.05) is 11.1 Å². The fraction of sp³-hybridized carbons (Fsp3) is 0.455. The number of oxime groups is 2. The van der Waals surface area contributed by atoms with Crippen molar-refractivity contribution in [1.82, 2.24) is 9.97 Å². The molecule has 0 bridgehead atoms. The molecular weight excluding hydrogens is 368 g/mol. The Morgan fingerprint density at radius 1 is 1.10 bits per heavy atom. The maximum Gasteiger partial charge on any atom is 0.125 e. The third kappa shape index (κ3) is 6.09. The number of aliphatic hydroxyl groups excluding tert-OH is 1. The molecule has 0 unspecified atom stereocenters. The van der Waals surface area contributed by atoms with Crippen molar-refractivity contribution in [2.24, 2.45) is 15.7 Å². The van der Waals surface area contributed by atoms with Crippen LogP contribution in [0, 0.1) is 12.3 Å². The maximum atomic E-state index is 9.12. The van der Waals surface area contributed by atoms with Crippen LogP contribution in [0.2, 0.25) is 0 Å². The molecule has 29 heavy (non-hydrogen) atoms. The van der Waals surface area contributed by atoms with Gasteiger partial charge in [0.2, 0.25) is 0 Å². The van der Waals surface area contributed by atoms with Gasteiger partial charge in [-0.3, -0.25) is 4.98 Å². The molecule has 3 rings (SSSR count). The quantitative estimate of drug-likeness (QED) is 0.546. The summed E-state index contributed by atoms with van der Waals surface area (Å²) < 4.78 is 0. The molecular formula is C22H28N4O3. The zero-order chi connectivity index (χ0) is 20.7. The number of rotatable bonds is 8. The van der Waals surface area contributed by atoms with Crippen molar-refractivity contribution in [3.05, 3.63) is 58.7 Å². The van der Waals surface area contributed by atoms with Crippen molar-refractivity contribution in [3.63, 3.8) is 0 Å². The van der Waals surface area contributed by atoms with Gasteiger partial charge in [0.15, 0.2) is 0 Å². The summed E-state index contributed by atoms with van der Waals surface area (Å²) in [5.74, 6) is 0. The summed E-state index contributed by atoms with van der Waals surface area (Å²) in [5.41, 5.74) is 5.07. The average molecular weight is 396 g/mol. The Labute approximate surface area is 171 Å². The summed E-state index contributed by atoms with van der Waals surface area (Å²) in [6.45, 7) is 6.74. The monoisotopic (exact) mass is 396 g/mol. The van der Waals surface area contributed by atoms with Crippen LogP contribution in [0.3, 0.4) is 0 Å². The largest absolute Gasteiger partial charge is 0.395 e. The molecule has 2 aromatic heterocycles. The van der Waals surface area contributed by atoms with Crippen LogP contribution in [0.15, 0.2) is 40.6 Å². The molecule has 0 atom stereocenters. The van der Waals surface area contributed by atoms with Crippen LogP contribution < -0.4 is 0 Å². The minimum absolute atomic E-state index is 0.102. The Hall–Kier alpha value is -2.80. The van der Waals surface area contributed by atoms with E-state index in [4.69, 9.17) is 14.8 Å². The lowest BCUT2D eigenvalue weighted by atomic mass is 9.94. The molecule has 0 aliphatic heterocycles. The van der Waals surface area contributed by atoms with Gasteiger partial charge >= 0.3 is 0 Å². The average Bonchev–Trinajstić information content (AvgIpc) is 2.71. The van der Waals surface area contributed by atoms with Crippen molar-refractivity contribution in [2.45, 2.75) is 46.6 Å². The zero-order valence-electron chi connectivity index (χ0n) is 17.3. The van der Waals surface area contributed by atoms with Crippen molar-refractivity contribution in [3.8, 4) is 0 Å². The van der Waals surface area contributed by atoms with Crippen LogP contribution in [-0.2, 0) is 22.7 Å². The molecule has 154 valence electrons. The molecule has 2 aromatic rings. The number of hydrogen-bond acceptors (Lipinski definition) is 7. The molecule has 0 saturated carbocycles. The van der Waals surface area contributed by atoms with E-state index < -0.39 is 0 Å². The first-order chi connectivity index (χ1) is 14.0. The fourth-order valence-electron chi connectivity index (χ4n) is 2.98. The number of pyridine rings is 2. The van der Waals surface area contributed by atoms with E-state index in [1.165, 1.54) is 11.8 Å². The second kappa shape index (κ2) is 9.60. The van der Waals surface area contributed by atoms with Gasteiger partial charge in [0.1, 0.15) is 18.9 Å². The van der Waals surface area contributed by atoms with Crippen molar-refractivity contribution in [1.29, 1.82) is 0 Å². The molecule has 0 fully saturated rings. The summed E-state index contributed by atoms with van der Waals surface area (Å²) in [4.78, 5) is 19.9. The van der Waals surface area contributed by atoms with Crippen molar-refractivity contribution >= 4 is 11.9 Å². The SMILES string of the molecule is Cc1ccc2c(n1)/C(=N/OCC(C)(C)CO/N=C/c1cccc(CO)n1)CCC2. The van der Waals surface area contributed by atoms with Crippen LogP contribution >= 0.6 is 0 Å². The van der Waals surface area contributed by atoms with Crippen LogP contribution in [0.1, 0.15) is 55.0 Å². The fourth-order valence-corrected chi connectivity index (χ4v) is 2.98. The Bertz CT molecular complexity index is 893. The highest BCUT2D eigenvalue weighted by Gasteiger charge is 2.22. The molecule has 0 radical (unpaired) electrons. The third-order valence-electron chi connectivity index (χ3n) is 4.59. The van der Waals surface area contributed by atoms with Crippen molar-refractivity contribution in [2.75, 3.05) is 13.2 Å². The molecule has 1 aliphatic rings. The first-order valence-electron chi connectivity index (χ1n) is 9.85. The Kier molecular flexibility index (Phi) is 6.93. The lowest BCUT2D eigenvalue weighted by molar-refractivity contribution is 0.000294. The van der Waals surface area contributed by atoms with E-state index in [1.807, 2.05) is 32.9 Å². The highest BCUT2D eigenvalue weighted by atomic mass is 16.6. The molecule has 0 aromatic carbocycles. The number of nitrogens with zero attached hydrogens (tertiary/aromatic N) is 4. The van der Waals surface area contributed by atoms with Gasteiger partial charge in [-0.25, -0.2) is 4.98 Å². The van der Waals surface area contributed by atoms with Gasteiger partial charge in [0.25, 0.3) is 0 Å². The third-order valence-corrected chi connectivity index (χ3v) is 4.59. The normalized spacial score (nSPS) is 15.5. The van der Waals surface area contributed by atoms with E-state index >= 15 is 0 Å². The Morgan fingerprint density at radius 2 is 1.93 bits per heavy atom. The number of aliphatic hydroxyl groups is 1. The predicted molar refractivity (Wildman–Crippen MR) is 112 cm³/mol. The van der Waals surface area contributed by atoms with E-state index in [0.717, 1.165) is 36.4 Å². The smallest absolute Gasteiger partial charge is 0.125 e. The molecule has 0 saturated heterocycles. The van der Waals surface area contributed by atoms with Crippen LogP contribution in [0.4, 0.5) is 0 Å². The Balaban J connectivity index is 1.51. The zero-order valence-corrected chi connectivity index (χ0v) is 17.3. The number of aryl methyl sites for hydroxylation is 2. The lowest BCUT2D eigenvalue weighted by Crippen LogP contribution is -2.24. The van der Waals surface area contributed by atoms with E-state index in [-0.39, 0.29) is 12.0 Å². The summed E-state index contributed by atoms with van der Waals surface area (Å²) in [6.07, 6.45) is 4.51. The van der Waals surface area contributed by atoms with Gasteiger partial charge in [-0.2, -0.15) is 0 Å². The molecule has 7 nitrogen and oxygen atoms in total. The van der Waals surface area contributed by atoms with Crippen LogP contribution in [-0.4, -0.2) is 40.2 Å². The minimum Gasteiger partial charge on any atom is -0.395 e. The first-order valence-corrected chi connectivity index (χ1v) is 9.85. The summed E-state index contributed by atoms with van der Waals surface area (Å²) in [6, 6.07) is 9.54. The topological polar surface area (TPSA) is 89.2 Å². The van der Waals surface area contributed by atoms with Gasteiger partial charge < -0.3 is 14.8 Å². The van der Waals surface area contributed by atoms with E-state index in [2.05, 4.69) is 26.3 Å². The molecule has 1 aliphatic carbocycles. The van der Waals surface area contributed by atoms with E-state index in [9.17, 15) is 0 Å². The molecule has 1 N–H and O–H groups in total. The van der Waals surface area contributed by atoms with Gasteiger partial charge in [-0.1, -0.05) is 36.3 Å². The molecule has 2 heterocycles. The highest BCUT2D eigenvalue weighted by molar-refractivity contribution is 6.00. The van der Waals surface area contributed by atoms with Gasteiger partial charge in [0.05, 0.1) is 29.9 Å². The maximum absolute atomic E-state index is 9.12. The second-order valence-corrected chi connectivity index (χ2v) is 8.01. The summed E-state index contributed by atoms with van der Waals surface area (Å²) >= 11 is 0. The van der Waals surface area contributed by atoms with Crippen LogP contribution in [0.5, 0.6) is 0 Å². The van der Waals surface area contributed by atoms with Crippen molar-refractivity contribution < 1.29 is 14.8 Å². The van der Waals surface area contributed by atoms with Crippen LogP contribution in [0.25, 0.3) is 0 Å². The van der Waals surface area contributed by atoms with E-state index in [0.29, 0.717) is 24.6 Å². The minimum atomic E-state index is -0.265. The Morgan fingerprint density at radius 3 is 2.76 bits per heavy atom. The summed E-state index contributed by atoms with van der Waals surface area (Å²) in [5, 5.41) is 17.5. The molecule has 0 spiro atoms. The number of aromatic nitrogens is 2. The number of fused-ring (bicyclic) bond motifs is 1. The number of hydrogen-bond donors (Lipinski definition) is 1. The molecule has 0 amide bonds. The van der Waals surface area contributed by atoms with Gasteiger partial charge in [-0.05, 0) is 49.9 Å². The predicted octanol–water partition coefficient (Wildman–Crippen LogP) is 3.41. The standard InChI is InChI=1S/C22H28N4O3/c1-16-10-11-17-6-4-9-20(21(17)24-16)26-29-15-22(2,3)14-28-23-12-18-7-5-8-19(13-27)25-18/h5,7-8,10-12,27H,4,6,9,13-15H2,1-3H3/b23-12+,26-20+. The summed E-state index contributed by atoms with van der Waals surface area (Å²) in [7, 11) is 0. The first kappa shape index (κ1) is 20.9. The van der Waals surface area contributed by atoms with Gasteiger partial charge in [-0.15, -0.1) is 0 Å². The molecule has 7 heteroatoms. The highest BCUT2D eigenvalue weighted by Crippen LogP contribution is 2.22. The second-order valence-electron chi connectivity index (χ2n) is 8.01. The lowest BCUT2D eigenvalue weighted by Gasteiger charge is -2.22. The van der Waals surface area contributed by atoms with E-state index in [1.54, 1.807) is 12.1 Å².